The van der Waals surface area contributed by atoms with Crippen LogP contribution in [0, 0.1) is 10.8 Å². The summed E-state index contributed by atoms with van der Waals surface area (Å²) in [5.74, 6) is -0.158. The largest absolute Gasteiger partial charge is 0.394 e. The number of ether oxygens (including phenoxy) is 2. The zero-order valence-corrected chi connectivity index (χ0v) is 17.7. The van der Waals surface area contributed by atoms with Crippen LogP contribution in [0.25, 0.3) is 0 Å². The van der Waals surface area contributed by atoms with E-state index in [0.29, 0.717) is 5.01 Å². The van der Waals surface area contributed by atoms with Crippen molar-refractivity contribution in [3.05, 3.63) is 4.91 Å². The molecule has 3 N–H and O–H groups in total. The molecule has 0 spiro atoms. The fourth-order valence-corrected chi connectivity index (χ4v) is 3.98. The number of aliphatic hydroxyl groups excluding tert-OH is 2. The van der Waals surface area contributed by atoms with E-state index in [2.05, 4.69) is 5.29 Å². The van der Waals surface area contributed by atoms with E-state index in [0.717, 1.165) is 37.0 Å². The van der Waals surface area contributed by atoms with E-state index in [-0.39, 0.29) is 31.0 Å². The Morgan fingerprint density at radius 3 is 2.52 bits per heavy atom. The van der Waals surface area contributed by atoms with Crippen molar-refractivity contribution in [2.45, 2.75) is 76.3 Å². The van der Waals surface area contributed by atoms with Gasteiger partial charge in [-0.25, -0.2) is 4.79 Å². The number of nitroso groups, excluding NO2 is 1. The third-order valence-corrected chi connectivity index (χ3v) is 5.48. The van der Waals surface area contributed by atoms with Crippen molar-refractivity contribution >= 4 is 17.6 Å². The number of carbonyl (C=O) groups is 1. The zero-order chi connectivity index (χ0) is 21.6. The van der Waals surface area contributed by atoms with Gasteiger partial charge in [0, 0.05) is 12.4 Å². The molecule has 1 aliphatic carbocycles. The van der Waals surface area contributed by atoms with E-state index in [1.54, 1.807) is 0 Å². The van der Waals surface area contributed by atoms with Gasteiger partial charge < -0.3 is 24.8 Å². The molecule has 0 unspecified atom stereocenters. The molecule has 1 saturated carbocycles. The number of amides is 2. The summed E-state index contributed by atoms with van der Waals surface area (Å²) in [5.41, 5.74) is -2.30. The van der Waals surface area contributed by atoms with Crippen molar-refractivity contribution in [2.24, 2.45) is 11.2 Å². The van der Waals surface area contributed by atoms with Gasteiger partial charge in [-0.15, -0.1) is 16.5 Å². The highest BCUT2D eigenvalue weighted by Gasteiger charge is 2.62. The maximum Gasteiger partial charge on any atom is 0.345 e. The van der Waals surface area contributed by atoms with Gasteiger partial charge in [0.1, 0.15) is 12.2 Å². The van der Waals surface area contributed by atoms with E-state index < -0.39 is 36.9 Å². The van der Waals surface area contributed by atoms with Crippen LogP contribution < -0.4 is 0 Å². The molecule has 1 heterocycles. The third-order valence-electron chi connectivity index (χ3n) is 5.31. The first-order valence-corrected chi connectivity index (χ1v) is 10.6. The number of rotatable bonds is 9. The van der Waals surface area contributed by atoms with Gasteiger partial charge in [0.05, 0.1) is 24.5 Å². The summed E-state index contributed by atoms with van der Waals surface area (Å²) < 4.78 is 11.6. The van der Waals surface area contributed by atoms with Crippen molar-refractivity contribution in [2.75, 3.05) is 25.6 Å². The van der Waals surface area contributed by atoms with Gasteiger partial charge in [-0.3, -0.25) is 4.90 Å². The number of carbonyl (C=O) groups excluding carboxylic acids is 1. The number of urea groups is 1. The van der Waals surface area contributed by atoms with Crippen LogP contribution in [0.1, 0.15) is 46.0 Å². The van der Waals surface area contributed by atoms with Crippen LogP contribution in [0.4, 0.5) is 4.79 Å². The molecule has 2 aliphatic rings. The first-order chi connectivity index (χ1) is 13.8. The number of halogens is 1. The molecule has 10 nitrogen and oxygen atoms in total. The second-order valence-electron chi connectivity index (χ2n) is 7.99. The van der Waals surface area contributed by atoms with Gasteiger partial charge in [-0.05, 0) is 18.8 Å². The molecule has 11 heteroatoms. The van der Waals surface area contributed by atoms with E-state index in [9.17, 15) is 25.0 Å². The Labute approximate surface area is 175 Å². The minimum Gasteiger partial charge on any atom is -0.394 e. The van der Waals surface area contributed by atoms with Crippen molar-refractivity contribution in [3.8, 4) is 0 Å². The summed E-state index contributed by atoms with van der Waals surface area (Å²) >= 11 is 5.65. The second kappa shape index (κ2) is 10.8. The summed E-state index contributed by atoms with van der Waals surface area (Å²) in [6.07, 6.45) is 0.173. The molecule has 4 atom stereocenters. The molecule has 0 aromatic heterocycles. The molecule has 29 heavy (non-hydrogen) atoms. The Morgan fingerprint density at radius 1 is 1.34 bits per heavy atom. The Morgan fingerprint density at radius 2 is 2.00 bits per heavy atom. The molecule has 1 aliphatic heterocycles. The molecule has 0 aromatic carbocycles. The van der Waals surface area contributed by atoms with Crippen LogP contribution in [-0.2, 0) is 9.47 Å². The van der Waals surface area contributed by atoms with Crippen LogP contribution >= 0.6 is 11.6 Å². The predicted octanol–water partition coefficient (Wildman–Crippen LogP) is 1.40. The summed E-state index contributed by atoms with van der Waals surface area (Å²) in [4.78, 5) is 25.1. The molecule has 2 rings (SSSR count). The molecule has 1 saturated heterocycles. The van der Waals surface area contributed by atoms with Crippen LogP contribution in [0.3, 0.4) is 0 Å². The molecule has 0 radical (unpaired) electrons. The smallest absolute Gasteiger partial charge is 0.345 e. The topological polar surface area (TPSA) is 132 Å². The molecule has 0 aromatic rings. The Balaban J connectivity index is 2.37. The Bertz CT molecular complexity index is 550. The number of aliphatic hydroxyl groups is 3. The predicted molar refractivity (Wildman–Crippen MR) is 105 cm³/mol. The van der Waals surface area contributed by atoms with E-state index >= 15 is 0 Å². The highest BCUT2D eigenvalue weighted by molar-refractivity contribution is 6.18. The summed E-state index contributed by atoms with van der Waals surface area (Å²) in [5, 5.41) is 35.2. The highest BCUT2D eigenvalue weighted by atomic mass is 35.5. The van der Waals surface area contributed by atoms with Crippen molar-refractivity contribution in [3.63, 3.8) is 0 Å². The maximum atomic E-state index is 13.0. The van der Waals surface area contributed by atoms with Gasteiger partial charge in [0.2, 0.25) is 12.0 Å². The van der Waals surface area contributed by atoms with Crippen molar-refractivity contribution in [1.82, 2.24) is 9.91 Å². The minimum atomic E-state index is -2.30. The summed E-state index contributed by atoms with van der Waals surface area (Å²) in [6.45, 7) is 2.88. The maximum absolute atomic E-state index is 13.0. The first kappa shape index (κ1) is 24.2. The highest BCUT2D eigenvalue weighted by Crippen LogP contribution is 2.38. The van der Waals surface area contributed by atoms with Crippen molar-refractivity contribution < 1.29 is 29.6 Å². The van der Waals surface area contributed by atoms with Gasteiger partial charge in [-0.1, -0.05) is 33.1 Å². The lowest BCUT2D eigenvalue weighted by Crippen LogP contribution is -2.66. The van der Waals surface area contributed by atoms with Gasteiger partial charge in [-0.2, -0.15) is 5.01 Å². The number of nitrogens with zero attached hydrogens (tertiary/aromatic N) is 3. The average Bonchev–Trinajstić information content (AvgIpc) is 2.95. The number of hydrogen-bond donors (Lipinski definition) is 3. The lowest BCUT2D eigenvalue weighted by Gasteiger charge is -2.43. The third kappa shape index (κ3) is 5.36. The zero-order valence-electron chi connectivity index (χ0n) is 16.9. The van der Waals surface area contributed by atoms with Crippen LogP contribution in [0.5, 0.6) is 0 Å². The summed E-state index contributed by atoms with van der Waals surface area (Å²) in [7, 11) is 0. The van der Waals surface area contributed by atoms with Gasteiger partial charge in [0.25, 0.3) is 0 Å². The number of hydrogen-bond acceptors (Lipinski definition) is 8. The van der Waals surface area contributed by atoms with E-state index in [4.69, 9.17) is 21.1 Å². The van der Waals surface area contributed by atoms with Crippen LogP contribution in [0.2, 0.25) is 0 Å². The van der Waals surface area contributed by atoms with Gasteiger partial charge in [0.15, 0.2) is 0 Å². The minimum absolute atomic E-state index is 0.00721. The van der Waals surface area contributed by atoms with Crippen LogP contribution in [-0.4, -0.2) is 87.2 Å². The summed E-state index contributed by atoms with van der Waals surface area (Å²) in [6, 6.07) is -0.921. The molecule has 168 valence electrons. The molecular weight excluding hydrogens is 406 g/mol. The fraction of sp³-hybridized carbons (Fsp3) is 0.944. The normalized spacial score (nSPS) is 30.5. The van der Waals surface area contributed by atoms with Crippen molar-refractivity contribution in [1.29, 1.82) is 0 Å². The standard InChI is InChI=1S/C18H32ClN3O7/c1-12(2)10-21(17(25)22(20-27)9-8-19)18(26)15(24)14(11-23)29-16(18)28-13-6-4-3-5-7-13/h12-16,23-24,26H,3-11H2,1-2H3/t14-,15+,16+,18+/m1/s1. The lowest BCUT2D eigenvalue weighted by molar-refractivity contribution is -0.269. The monoisotopic (exact) mass is 437 g/mol. The lowest BCUT2D eigenvalue weighted by atomic mass is 9.97. The first-order valence-electron chi connectivity index (χ1n) is 10.1. The Hall–Kier alpha value is -1.04. The SMILES string of the molecule is CC(C)CN(C(=O)N(CCCl)N=O)[C@@]1(O)[C@@H](OC2CCCCC2)O[C@H](CO)[C@@H]1O. The quantitative estimate of drug-likeness (QED) is 0.215. The Kier molecular flexibility index (Phi) is 9.05. The van der Waals surface area contributed by atoms with Crippen LogP contribution in [0.15, 0.2) is 5.29 Å². The van der Waals surface area contributed by atoms with Gasteiger partial charge >= 0.3 is 6.03 Å². The molecule has 0 bridgehead atoms. The molecule has 2 amide bonds. The fourth-order valence-electron chi connectivity index (χ4n) is 3.82. The van der Waals surface area contributed by atoms with E-state index in [1.807, 2.05) is 13.8 Å². The van der Waals surface area contributed by atoms with E-state index in [1.165, 1.54) is 0 Å². The molecular formula is C18H32ClN3O7. The number of alkyl halides is 1. The second-order valence-corrected chi connectivity index (χ2v) is 8.37. The average molecular weight is 438 g/mol. The molecule has 2 fully saturated rings.